The molecular formula is C13H14N4O. The molecule has 2 heterocycles. The Morgan fingerprint density at radius 1 is 1.28 bits per heavy atom. The molecule has 0 bridgehead atoms. The summed E-state index contributed by atoms with van der Waals surface area (Å²) in [7, 11) is 0. The van der Waals surface area contributed by atoms with E-state index in [1.807, 2.05) is 31.2 Å². The maximum absolute atomic E-state index is 5.64. The predicted octanol–water partition coefficient (Wildman–Crippen LogP) is 2.03. The van der Waals surface area contributed by atoms with Crippen LogP contribution < -0.4 is 5.73 Å². The number of aryl methyl sites for hydroxylation is 1. The molecule has 0 unspecified atom stereocenters. The molecule has 0 amide bonds. The molecule has 0 saturated carbocycles. The van der Waals surface area contributed by atoms with Crippen molar-refractivity contribution in [1.29, 1.82) is 0 Å². The highest BCUT2D eigenvalue weighted by molar-refractivity contribution is 5.95. The van der Waals surface area contributed by atoms with Gasteiger partial charge in [-0.2, -0.15) is 0 Å². The van der Waals surface area contributed by atoms with E-state index in [2.05, 4.69) is 15.2 Å². The molecule has 0 radical (unpaired) electrons. The molecule has 0 spiro atoms. The van der Waals surface area contributed by atoms with Crippen LogP contribution in [0.4, 0.5) is 0 Å². The van der Waals surface area contributed by atoms with Gasteiger partial charge in [-0.1, -0.05) is 18.2 Å². The normalized spacial score (nSPS) is 11.2. The number of fused-ring (bicyclic) bond motifs is 1. The minimum Gasteiger partial charge on any atom is -0.421 e. The van der Waals surface area contributed by atoms with Crippen LogP contribution in [0.15, 0.2) is 28.7 Å². The van der Waals surface area contributed by atoms with Gasteiger partial charge in [-0.15, -0.1) is 10.2 Å². The van der Waals surface area contributed by atoms with Gasteiger partial charge in [0.1, 0.15) is 0 Å². The largest absolute Gasteiger partial charge is 0.421 e. The maximum Gasteiger partial charge on any atom is 0.250 e. The van der Waals surface area contributed by atoms with Crippen molar-refractivity contribution < 1.29 is 4.42 Å². The lowest BCUT2D eigenvalue weighted by molar-refractivity contribution is 0.507. The summed E-state index contributed by atoms with van der Waals surface area (Å²) in [5.41, 5.74) is 8.55. The zero-order chi connectivity index (χ0) is 12.5. The van der Waals surface area contributed by atoms with Crippen molar-refractivity contribution in [2.75, 3.05) is 6.54 Å². The highest BCUT2D eigenvalue weighted by Gasteiger charge is 2.15. The molecule has 5 heteroatoms. The van der Waals surface area contributed by atoms with Crippen LogP contribution in [0.3, 0.4) is 0 Å². The fourth-order valence-corrected chi connectivity index (χ4v) is 2.13. The van der Waals surface area contributed by atoms with Gasteiger partial charge in [0, 0.05) is 29.6 Å². The van der Waals surface area contributed by atoms with E-state index < -0.39 is 0 Å². The van der Waals surface area contributed by atoms with Crippen molar-refractivity contribution in [2.45, 2.75) is 13.3 Å². The molecule has 3 rings (SSSR count). The molecule has 3 N–H and O–H groups in total. The first-order valence-corrected chi connectivity index (χ1v) is 5.89. The second-order valence-electron chi connectivity index (χ2n) is 4.21. The lowest BCUT2D eigenvalue weighted by Crippen LogP contribution is -2.02. The number of rotatable bonds is 3. The minimum absolute atomic E-state index is 0.508. The van der Waals surface area contributed by atoms with Gasteiger partial charge in [-0.05, 0) is 13.0 Å². The summed E-state index contributed by atoms with van der Waals surface area (Å²) in [5, 5.41) is 9.19. The number of hydrogen-bond donors (Lipinski definition) is 2. The van der Waals surface area contributed by atoms with Crippen molar-refractivity contribution in [3.05, 3.63) is 35.9 Å². The first-order chi connectivity index (χ1) is 8.79. The molecule has 18 heavy (non-hydrogen) atoms. The van der Waals surface area contributed by atoms with Crippen LogP contribution in [0, 0.1) is 6.92 Å². The van der Waals surface area contributed by atoms with E-state index >= 15 is 0 Å². The number of nitrogens with zero attached hydrogens (tertiary/aromatic N) is 2. The average molecular weight is 242 g/mol. The third kappa shape index (κ3) is 1.69. The predicted molar refractivity (Wildman–Crippen MR) is 69.1 cm³/mol. The van der Waals surface area contributed by atoms with Gasteiger partial charge < -0.3 is 15.1 Å². The second-order valence-corrected chi connectivity index (χ2v) is 4.21. The Hall–Kier alpha value is -2.14. The van der Waals surface area contributed by atoms with E-state index in [1.54, 1.807) is 0 Å². The van der Waals surface area contributed by atoms with Crippen molar-refractivity contribution in [3.63, 3.8) is 0 Å². The van der Waals surface area contributed by atoms with E-state index in [9.17, 15) is 0 Å². The van der Waals surface area contributed by atoms with Crippen LogP contribution in [-0.4, -0.2) is 21.7 Å². The fraction of sp³-hybridized carbons (Fsp3) is 0.231. The van der Waals surface area contributed by atoms with Crippen LogP contribution in [0.5, 0.6) is 0 Å². The van der Waals surface area contributed by atoms with Crippen LogP contribution in [-0.2, 0) is 6.42 Å². The van der Waals surface area contributed by atoms with Gasteiger partial charge in [0.25, 0.3) is 0 Å². The number of benzene rings is 1. The third-order valence-corrected chi connectivity index (χ3v) is 2.93. The summed E-state index contributed by atoms with van der Waals surface area (Å²) >= 11 is 0. The Bertz CT molecular complexity index is 683. The number of nitrogens with two attached hydrogens (primary N) is 1. The number of para-hydroxylation sites is 1. The van der Waals surface area contributed by atoms with E-state index in [0.29, 0.717) is 24.7 Å². The van der Waals surface area contributed by atoms with Crippen molar-refractivity contribution >= 4 is 10.9 Å². The first kappa shape index (κ1) is 11.0. The molecular weight excluding hydrogens is 228 g/mol. The van der Waals surface area contributed by atoms with E-state index in [0.717, 1.165) is 22.2 Å². The van der Waals surface area contributed by atoms with E-state index in [4.69, 9.17) is 10.2 Å². The standard InChI is InChI=1S/C13H14N4O/c1-8-12(9-4-2-3-5-10(9)15-8)13-17-16-11(18-13)6-7-14/h2-5,15H,6-7,14H2,1H3. The first-order valence-electron chi connectivity index (χ1n) is 5.89. The molecule has 92 valence electrons. The third-order valence-electron chi connectivity index (χ3n) is 2.93. The van der Waals surface area contributed by atoms with Crippen LogP contribution in [0.2, 0.25) is 0 Å². The SMILES string of the molecule is Cc1[nH]c2ccccc2c1-c1nnc(CCN)o1. The van der Waals surface area contributed by atoms with Gasteiger partial charge in [-0.3, -0.25) is 0 Å². The monoisotopic (exact) mass is 242 g/mol. The molecule has 1 aromatic carbocycles. The molecule has 5 nitrogen and oxygen atoms in total. The summed E-state index contributed by atoms with van der Waals surface area (Å²) in [6.07, 6.45) is 0.606. The Morgan fingerprint density at radius 3 is 2.94 bits per heavy atom. The summed E-state index contributed by atoms with van der Waals surface area (Å²) in [5.74, 6) is 1.13. The van der Waals surface area contributed by atoms with Crippen molar-refractivity contribution in [1.82, 2.24) is 15.2 Å². The molecule has 0 aliphatic carbocycles. The van der Waals surface area contributed by atoms with E-state index in [1.165, 1.54) is 0 Å². The van der Waals surface area contributed by atoms with Crippen LogP contribution in [0.25, 0.3) is 22.4 Å². The fourth-order valence-electron chi connectivity index (χ4n) is 2.13. The van der Waals surface area contributed by atoms with Gasteiger partial charge in [0.2, 0.25) is 11.8 Å². The minimum atomic E-state index is 0.508. The average Bonchev–Trinajstić information content (AvgIpc) is 2.92. The topological polar surface area (TPSA) is 80.7 Å². The summed E-state index contributed by atoms with van der Waals surface area (Å²) in [6, 6.07) is 8.07. The molecule has 3 aromatic rings. The Kier molecular flexibility index (Phi) is 2.60. The van der Waals surface area contributed by atoms with Gasteiger partial charge in [0.15, 0.2) is 0 Å². The zero-order valence-electron chi connectivity index (χ0n) is 10.1. The summed E-state index contributed by atoms with van der Waals surface area (Å²) in [6.45, 7) is 2.51. The van der Waals surface area contributed by atoms with Crippen molar-refractivity contribution in [2.24, 2.45) is 5.73 Å². The van der Waals surface area contributed by atoms with E-state index in [-0.39, 0.29) is 0 Å². The number of H-pyrrole nitrogens is 1. The molecule has 0 fully saturated rings. The van der Waals surface area contributed by atoms with Crippen molar-refractivity contribution in [3.8, 4) is 11.5 Å². The number of nitrogens with one attached hydrogen (secondary N) is 1. The van der Waals surface area contributed by atoms with Crippen LogP contribution in [0.1, 0.15) is 11.6 Å². The highest BCUT2D eigenvalue weighted by Crippen LogP contribution is 2.30. The van der Waals surface area contributed by atoms with Crippen LogP contribution >= 0.6 is 0 Å². The summed E-state index contributed by atoms with van der Waals surface area (Å²) in [4.78, 5) is 3.31. The number of hydrogen-bond acceptors (Lipinski definition) is 4. The second kappa shape index (κ2) is 4.27. The Labute approximate surface area is 104 Å². The molecule has 0 aliphatic heterocycles. The smallest absolute Gasteiger partial charge is 0.250 e. The number of aromatic amines is 1. The molecule has 0 atom stereocenters. The molecule has 0 aliphatic rings. The lowest BCUT2D eigenvalue weighted by atomic mass is 10.1. The van der Waals surface area contributed by atoms with Gasteiger partial charge in [0.05, 0.1) is 5.56 Å². The highest BCUT2D eigenvalue weighted by atomic mass is 16.4. The lowest BCUT2D eigenvalue weighted by Gasteiger charge is -1.94. The zero-order valence-corrected chi connectivity index (χ0v) is 10.1. The van der Waals surface area contributed by atoms with Gasteiger partial charge >= 0.3 is 0 Å². The molecule has 2 aromatic heterocycles. The summed E-state index contributed by atoms with van der Waals surface area (Å²) < 4.78 is 5.64. The maximum atomic E-state index is 5.64. The Morgan fingerprint density at radius 2 is 2.11 bits per heavy atom. The number of aromatic nitrogens is 3. The quantitative estimate of drug-likeness (QED) is 0.736. The molecule has 0 saturated heterocycles. The Balaban J connectivity index is 2.15. The van der Waals surface area contributed by atoms with Gasteiger partial charge in [-0.25, -0.2) is 0 Å².